The SMILES string of the molecule is [N-]=[N+]=NCC#Cc1ccc2c(=O)[nH]ncc2c1. The van der Waals surface area contributed by atoms with Gasteiger partial charge in [0.1, 0.15) is 0 Å². The molecule has 2 aromatic rings. The largest absolute Gasteiger partial charge is 0.272 e. The summed E-state index contributed by atoms with van der Waals surface area (Å²) >= 11 is 0. The van der Waals surface area contributed by atoms with Gasteiger partial charge in [-0.05, 0) is 23.7 Å². The zero-order valence-corrected chi connectivity index (χ0v) is 8.71. The fraction of sp³-hybridized carbons (Fsp3) is 0.0909. The Balaban J connectivity index is 2.41. The van der Waals surface area contributed by atoms with E-state index in [1.54, 1.807) is 24.4 Å². The summed E-state index contributed by atoms with van der Waals surface area (Å²) in [6.45, 7) is 0.127. The summed E-state index contributed by atoms with van der Waals surface area (Å²) in [5.41, 5.74) is 8.60. The molecule has 0 saturated carbocycles. The van der Waals surface area contributed by atoms with Crippen LogP contribution in [0.5, 0.6) is 0 Å². The van der Waals surface area contributed by atoms with E-state index in [9.17, 15) is 4.79 Å². The first-order valence-corrected chi connectivity index (χ1v) is 4.78. The molecule has 0 amide bonds. The van der Waals surface area contributed by atoms with Crippen molar-refractivity contribution in [2.45, 2.75) is 0 Å². The predicted octanol–water partition coefficient (Wildman–Crippen LogP) is 1.58. The summed E-state index contributed by atoms with van der Waals surface area (Å²) in [5, 5.41) is 10.7. The first-order chi connectivity index (χ1) is 8.31. The quantitative estimate of drug-likeness (QED) is 0.345. The van der Waals surface area contributed by atoms with Crippen molar-refractivity contribution >= 4 is 10.8 Å². The van der Waals surface area contributed by atoms with E-state index >= 15 is 0 Å². The molecule has 0 saturated heterocycles. The van der Waals surface area contributed by atoms with Crippen LogP contribution in [0.3, 0.4) is 0 Å². The Bertz CT molecular complexity index is 716. The summed E-state index contributed by atoms with van der Waals surface area (Å²) in [6.07, 6.45) is 1.56. The summed E-state index contributed by atoms with van der Waals surface area (Å²) in [6, 6.07) is 5.19. The van der Waals surface area contributed by atoms with E-state index in [1.807, 2.05) is 0 Å². The number of hydrogen-bond acceptors (Lipinski definition) is 3. The highest BCUT2D eigenvalue weighted by molar-refractivity contribution is 5.81. The molecule has 82 valence electrons. The molecule has 17 heavy (non-hydrogen) atoms. The maximum Gasteiger partial charge on any atom is 0.272 e. The van der Waals surface area contributed by atoms with Crippen molar-refractivity contribution in [1.82, 2.24) is 10.2 Å². The molecule has 6 heteroatoms. The number of azide groups is 1. The highest BCUT2D eigenvalue weighted by Gasteiger charge is 1.98. The Morgan fingerprint density at radius 1 is 1.53 bits per heavy atom. The van der Waals surface area contributed by atoms with Gasteiger partial charge in [0.15, 0.2) is 0 Å². The Hall–Kier alpha value is -2.77. The van der Waals surface area contributed by atoms with Crippen molar-refractivity contribution in [2.24, 2.45) is 5.11 Å². The highest BCUT2D eigenvalue weighted by atomic mass is 16.1. The Morgan fingerprint density at radius 3 is 3.24 bits per heavy atom. The number of aromatic nitrogens is 2. The van der Waals surface area contributed by atoms with Gasteiger partial charge in [-0.3, -0.25) is 4.79 Å². The van der Waals surface area contributed by atoms with Crippen molar-refractivity contribution in [2.75, 3.05) is 6.54 Å². The topological polar surface area (TPSA) is 94.5 Å². The van der Waals surface area contributed by atoms with Gasteiger partial charge in [0.2, 0.25) is 0 Å². The van der Waals surface area contributed by atoms with Crippen LogP contribution in [0.15, 0.2) is 34.3 Å². The molecule has 1 aromatic heterocycles. The number of nitrogens with one attached hydrogen (secondary N) is 1. The lowest BCUT2D eigenvalue weighted by Crippen LogP contribution is -2.07. The molecule has 0 aliphatic rings. The van der Waals surface area contributed by atoms with Crippen LogP contribution in [0.25, 0.3) is 21.2 Å². The number of fused-ring (bicyclic) bond motifs is 1. The summed E-state index contributed by atoms with van der Waals surface area (Å²) < 4.78 is 0. The van der Waals surface area contributed by atoms with Gasteiger partial charge in [0, 0.05) is 15.9 Å². The summed E-state index contributed by atoms with van der Waals surface area (Å²) in [4.78, 5) is 14.0. The molecule has 1 aromatic carbocycles. The minimum absolute atomic E-state index is 0.127. The number of H-pyrrole nitrogens is 1. The Kier molecular flexibility index (Phi) is 3.05. The molecule has 1 N–H and O–H groups in total. The molecular weight excluding hydrogens is 218 g/mol. The standard InChI is InChI=1S/C11H7N5O/c12-16-13-5-1-2-8-3-4-10-9(6-8)7-14-15-11(10)17/h3-4,6-7H,5H2,(H,15,17). The molecule has 0 spiro atoms. The molecule has 0 unspecified atom stereocenters. The number of hydrogen-bond donors (Lipinski definition) is 1. The van der Waals surface area contributed by atoms with Crippen LogP contribution in [0, 0.1) is 11.8 Å². The van der Waals surface area contributed by atoms with E-state index in [4.69, 9.17) is 5.53 Å². The van der Waals surface area contributed by atoms with Gasteiger partial charge >= 0.3 is 0 Å². The molecule has 0 atom stereocenters. The zero-order chi connectivity index (χ0) is 12.1. The smallest absolute Gasteiger partial charge is 0.267 e. The monoisotopic (exact) mass is 225 g/mol. The second-order valence-corrected chi connectivity index (χ2v) is 3.19. The van der Waals surface area contributed by atoms with Crippen LogP contribution in [0.1, 0.15) is 5.56 Å². The maximum absolute atomic E-state index is 11.4. The fourth-order valence-electron chi connectivity index (χ4n) is 1.38. The normalized spacial score (nSPS) is 9.18. The number of aromatic amines is 1. The lowest BCUT2D eigenvalue weighted by atomic mass is 10.1. The molecule has 1 heterocycles. The van der Waals surface area contributed by atoms with Crippen LogP contribution in [0.4, 0.5) is 0 Å². The first kappa shape index (κ1) is 10.7. The van der Waals surface area contributed by atoms with Gasteiger partial charge in [0.05, 0.1) is 18.1 Å². The third kappa shape index (κ3) is 2.43. The maximum atomic E-state index is 11.4. The van der Waals surface area contributed by atoms with Crippen molar-refractivity contribution in [3.8, 4) is 11.8 Å². The van der Waals surface area contributed by atoms with Crippen molar-refractivity contribution < 1.29 is 0 Å². The molecule has 0 radical (unpaired) electrons. The van der Waals surface area contributed by atoms with E-state index in [0.717, 1.165) is 10.9 Å². The molecular formula is C11H7N5O. The van der Waals surface area contributed by atoms with Gasteiger partial charge in [0.25, 0.3) is 5.56 Å². The number of nitrogens with zero attached hydrogens (tertiary/aromatic N) is 4. The van der Waals surface area contributed by atoms with Crippen LogP contribution >= 0.6 is 0 Å². The van der Waals surface area contributed by atoms with Gasteiger partial charge in [-0.25, -0.2) is 5.10 Å². The second kappa shape index (κ2) is 4.84. The predicted molar refractivity (Wildman–Crippen MR) is 63.3 cm³/mol. The van der Waals surface area contributed by atoms with Crippen molar-refractivity contribution in [3.63, 3.8) is 0 Å². The second-order valence-electron chi connectivity index (χ2n) is 3.19. The molecule has 6 nitrogen and oxygen atoms in total. The molecule has 0 bridgehead atoms. The lowest BCUT2D eigenvalue weighted by molar-refractivity contribution is 1.01. The summed E-state index contributed by atoms with van der Waals surface area (Å²) in [5.74, 6) is 5.54. The fourth-order valence-corrected chi connectivity index (χ4v) is 1.38. The van der Waals surface area contributed by atoms with Crippen LogP contribution < -0.4 is 5.56 Å². The Morgan fingerprint density at radius 2 is 2.41 bits per heavy atom. The van der Waals surface area contributed by atoms with E-state index in [0.29, 0.717) is 5.39 Å². The third-order valence-corrected chi connectivity index (χ3v) is 2.11. The molecule has 0 aliphatic carbocycles. The van der Waals surface area contributed by atoms with Gasteiger partial charge in [-0.1, -0.05) is 17.0 Å². The first-order valence-electron chi connectivity index (χ1n) is 4.78. The van der Waals surface area contributed by atoms with Crippen molar-refractivity contribution in [1.29, 1.82) is 0 Å². The number of benzene rings is 1. The van der Waals surface area contributed by atoms with Crippen LogP contribution in [-0.4, -0.2) is 16.7 Å². The van der Waals surface area contributed by atoms with E-state index in [2.05, 4.69) is 32.1 Å². The van der Waals surface area contributed by atoms with E-state index < -0.39 is 0 Å². The van der Waals surface area contributed by atoms with Crippen LogP contribution in [0.2, 0.25) is 0 Å². The van der Waals surface area contributed by atoms with Gasteiger partial charge in [-0.2, -0.15) is 5.10 Å². The van der Waals surface area contributed by atoms with E-state index in [1.165, 1.54) is 0 Å². The van der Waals surface area contributed by atoms with Crippen LogP contribution in [-0.2, 0) is 0 Å². The average molecular weight is 225 g/mol. The highest BCUT2D eigenvalue weighted by Crippen LogP contribution is 2.09. The Labute approximate surface area is 95.9 Å². The number of rotatable bonds is 1. The third-order valence-electron chi connectivity index (χ3n) is 2.11. The summed E-state index contributed by atoms with van der Waals surface area (Å²) in [7, 11) is 0. The lowest BCUT2D eigenvalue weighted by Gasteiger charge is -1.95. The molecule has 0 fully saturated rings. The average Bonchev–Trinajstić information content (AvgIpc) is 2.35. The molecule has 2 rings (SSSR count). The van der Waals surface area contributed by atoms with E-state index in [-0.39, 0.29) is 12.1 Å². The van der Waals surface area contributed by atoms with Crippen molar-refractivity contribution in [3.05, 3.63) is 50.8 Å². The zero-order valence-electron chi connectivity index (χ0n) is 8.71. The minimum Gasteiger partial charge on any atom is -0.267 e. The minimum atomic E-state index is -0.226. The van der Waals surface area contributed by atoms with Gasteiger partial charge < -0.3 is 0 Å². The molecule has 0 aliphatic heterocycles. The van der Waals surface area contributed by atoms with Gasteiger partial charge in [-0.15, -0.1) is 0 Å².